The van der Waals surface area contributed by atoms with Gasteiger partial charge in [-0.05, 0) is 41.7 Å². The summed E-state index contributed by atoms with van der Waals surface area (Å²) in [5.41, 5.74) is 3.64. The van der Waals surface area contributed by atoms with Crippen molar-refractivity contribution in [2.75, 3.05) is 13.7 Å². The number of carbonyl (C=O) groups excluding carboxylic acids is 1. The van der Waals surface area contributed by atoms with E-state index >= 15 is 0 Å². The summed E-state index contributed by atoms with van der Waals surface area (Å²) < 4.78 is 5.41. The summed E-state index contributed by atoms with van der Waals surface area (Å²) in [6, 6.07) is 29.2. The Kier molecular flexibility index (Phi) is 7.00. The highest BCUT2D eigenvalue weighted by molar-refractivity contribution is 5.79. The molecule has 1 N–H and O–H groups in total. The molecule has 160 valence electrons. The van der Waals surface area contributed by atoms with Gasteiger partial charge in [-0.2, -0.15) is 0 Å². The van der Waals surface area contributed by atoms with Crippen molar-refractivity contribution in [2.24, 2.45) is 5.92 Å². The fourth-order valence-corrected chi connectivity index (χ4v) is 4.42. The van der Waals surface area contributed by atoms with Crippen LogP contribution in [0, 0.1) is 5.92 Å². The monoisotopic (exact) mass is 414 g/mol. The number of likely N-dealkylation sites (tertiary alicyclic amines) is 1. The van der Waals surface area contributed by atoms with E-state index in [1.807, 2.05) is 42.5 Å². The smallest absolute Gasteiger partial charge is 0.224 e. The number of hydrogen-bond donors (Lipinski definition) is 1. The van der Waals surface area contributed by atoms with Crippen molar-refractivity contribution >= 4 is 5.91 Å². The van der Waals surface area contributed by atoms with Crippen LogP contribution in [-0.4, -0.2) is 24.5 Å². The van der Waals surface area contributed by atoms with Crippen molar-refractivity contribution in [3.05, 3.63) is 102 Å². The maximum atomic E-state index is 13.0. The molecule has 1 heterocycles. The number of methoxy groups -OCH3 is 1. The van der Waals surface area contributed by atoms with Gasteiger partial charge in [0.05, 0.1) is 13.0 Å². The van der Waals surface area contributed by atoms with Gasteiger partial charge in [-0.1, -0.05) is 72.8 Å². The van der Waals surface area contributed by atoms with Crippen LogP contribution in [0.1, 0.15) is 35.6 Å². The van der Waals surface area contributed by atoms with Crippen LogP contribution in [0.2, 0.25) is 0 Å². The lowest BCUT2D eigenvalue weighted by molar-refractivity contribution is -0.127. The van der Waals surface area contributed by atoms with E-state index in [2.05, 4.69) is 52.7 Å². The first-order valence-corrected chi connectivity index (χ1v) is 11.0. The van der Waals surface area contributed by atoms with Gasteiger partial charge >= 0.3 is 0 Å². The third-order valence-electron chi connectivity index (χ3n) is 6.07. The molecule has 0 aromatic heterocycles. The number of hydrogen-bond acceptors (Lipinski definition) is 3. The first kappa shape index (κ1) is 21.1. The Labute approximate surface area is 184 Å². The lowest BCUT2D eigenvalue weighted by atomic mass is 9.88. The van der Waals surface area contributed by atoms with E-state index in [-0.39, 0.29) is 11.8 Å². The van der Waals surface area contributed by atoms with Gasteiger partial charge in [0.2, 0.25) is 5.91 Å². The Morgan fingerprint density at radius 3 is 2.39 bits per heavy atom. The minimum Gasteiger partial charge on any atom is -0.497 e. The van der Waals surface area contributed by atoms with Crippen LogP contribution >= 0.6 is 0 Å². The fourth-order valence-electron chi connectivity index (χ4n) is 4.42. The second-order valence-electron chi connectivity index (χ2n) is 8.19. The summed E-state index contributed by atoms with van der Waals surface area (Å²) in [6.07, 6.45) is 1.87. The van der Waals surface area contributed by atoms with Gasteiger partial charge in [0, 0.05) is 25.7 Å². The number of amides is 1. The van der Waals surface area contributed by atoms with Gasteiger partial charge in [0.15, 0.2) is 0 Å². The van der Waals surface area contributed by atoms with Crippen molar-refractivity contribution in [1.29, 1.82) is 0 Å². The molecule has 2 atom stereocenters. The molecule has 0 spiro atoms. The van der Waals surface area contributed by atoms with Crippen LogP contribution in [-0.2, 0) is 17.9 Å². The zero-order valence-corrected chi connectivity index (χ0v) is 18.0. The molecular weight excluding hydrogens is 384 g/mol. The number of rotatable bonds is 7. The van der Waals surface area contributed by atoms with Crippen LogP contribution in [0.3, 0.4) is 0 Å². The highest BCUT2D eigenvalue weighted by atomic mass is 16.5. The first-order chi connectivity index (χ1) is 15.2. The molecule has 1 fully saturated rings. The van der Waals surface area contributed by atoms with E-state index in [1.54, 1.807) is 7.11 Å². The van der Waals surface area contributed by atoms with E-state index in [4.69, 9.17) is 4.74 Å². The molecule has 1 saturated heterocycles. The van der Waals surface area contributed by atoms with Crippen molar-refractivity contribution in [2.45, 2.75) is 32.0 Å². The Balaban J connectivity index is 1.48. The Hall–Kier alpha value is -3.11. The number of nitrogens with one attached hydrogen (secondary N) is 1. The highest BCUT2D eigenvalue weighted by Crippen LogP contribution is 2.35. The van der Waals surface area contributed by atoms with E-state index < -0.39 is 0 Å². The average molecular weight is 415 g/mol. The molecule has 0 aliphatic carbocycles. The van der Waals surface area contributed by atoms with Gasteiger partial charge in [-0.15, -0.1) is 0 Å². The largest absolute Gasteiger partial charge is 0.497 e. The summed E-state index contributed by atoms with van der Waals surface area (Å²) in [5, 5.41) is 3.14. The second-order valence-corrected chi connectivity index (χ2v) is 8.19. The second kappa shape index (κ2) is 10.3. The predicted octanol–water partition coefficient (Wildman–Crippen LogP) is 4.96. The van der Waals surface area contributed by atoms with Gasteiger partial charge in [-0.3, -0.25) is 9.69 Å². The number of piperidine rings is 1. The predicted molar refractivity (Wildman–Crippen MR) is 124 cm³/mol. The number of benzene rings is 3. The van der Waals surface area contributed by atoms with Crippen LogP contribution in [0.4, 0.5) is 0 Å². The molecular formula is C27H30N2O2. The Bertz CT molecular complexity index is 975. The highest BCUT2D eigenvalue weighted by Gasteiger charge is 2.32. The van der Waals surface area contributed by atoms with Crippen LogP contribution in [0.25, 0.3) is 0 Å². The van der Waals surface area contributed by atoms with E-state index in [1.165, 1.54) is 11.1 Å². The number of nitrogens with zero attached hydrogens (tertiary/aromatic N) is 1. The minimum absolute atomic E-state index is 0.00529. The molecule has 0 radical (unpaired) electrons. The lowest BCUT2D eigenvalue weighted by Crippen LogP contribution is -2.44. The minimum atomic E-state index is -0.00529. The summed E-state index contributed by atoms with van der Waals surface area (Å²) in [4.78, 5) is 15.4. The number of carbonyl (C=O) groups is 1. The molecule has 1 aliphatic rings. The molecule has 3 aromatic rings. The van der Waals surface area contributed by atoms with E-state index in [0.717, 1.165) is 37.2 Å². The molecule has 4 rings (SSSR count). The Morgan fingerprint density at radius 2 is 1.65 bits per heavy atom. The molecule has 4 heteroatoms. The molecule has 31 heavy (non-hydrogen) atoms. The molecule has 0 unspecified atom stereocenters. The topological polar surface area (TPSA) is 41.6 Å². The molecule has 1 aliphatic heterocycles. The summed E-state index contributed by atoms with van der Waals surface area (Å²) >= 11 is 0. The van der Waals surface area contributed by atoms with Crippen molar-refractivity contribution < 1.29 is 9.53 Å². The third kappa shape index (κ3) is 5.53. The van der Waals surface area contributed by atoms with Gasteiger partial charge < -0.3 is 10.1 Å². The Morgan fingerprint density at radius 1 is 0.935 bits per heavy atom. The SMILES string of the molecule is COc1cccc(CN2C[C@H](C(=O)NCc3ccccc3)CC[C@H]2c2ccccc2)c1. The van der Waals surface area contributed by atoms with Gasteiger partial charge in [0.25, 0.3) is 0 Å². The molecule has 0 saturated carbocycles. The summed E-state index contributed by atoms with van der Waals surface area (Å²) in [7, 11) is 1.69. The summed E-state index contributed by atoms with van der Waals surface area (Å²) in [5.74, 6) is 1.00. The maximum Gasteiger partial charge on any atom is 0.224 e. The maximum absolute atomic E-state index is 13.0. The molecule has 1 amide bonds. The molecule has 4 nitrogen and oxygen atoms in total. The molecule has 0 bridgehead atoms. The zero-order valence-electron chi connectivity index (χ0n) is 18.0. The van der Waals surface area contributed by atoms with Crippen LogP contribution in [0.5, 0.6) is 5.75 Å². The van der Waals surface area contributed by atoms with Crippen molar-refractivity contribution in [1.82, 2.24) is 10.2 Å². The van der Waals surface area contributed by atoms with Gasteiger partial charge in [0.1, 0.15) is 5.75 Å². The molecule has 3 aromatic carbocycles. The zero-order chi connectivity index (χ0) is 21.5. The third-order valence-corrected chi connectivity index (χ3v) is 6.07. The van der Waals surface area contributed by atoms with E-state index in [0.29, 0.717) is 12.6 Å². The van der Waals surface area contributed by atoms with Crippen LogP contribution < -0.4 is 10.1 Å². The standard InChI is InChI=1S/C27H30N2O2/c1-31-25-14-8-11-22(17-25)19-29-20-24(15-16-26(29)23-12-6-3-7-13-23)27(30)28-18-21-9-4-2-5-10-21/h2-14,17,24,26H,15-16,18-20H2,1H3,(H,28,30)/t24-,26+/m1/s1. The average Bonchev–Trinajstić information content (AvgIpc) is 2.84. The number of ether oxygens (including phenoxy) is 1. The van der Waals surface area contributed by atoms with E-state index in [9.17, 15) is 4.79 Å². The van der Waals surface area contributed by atoms with Crippen molar-refractivity contribution in [3.8, 4) is 5.75 Å². The summed E-state index contributed by atoms with van der Waals surface area (Å²) in [6.45, 7) is 2.12. The van der Waals surface area contributed by atoms with Crippen LogP contribution in [0.15, 0.2) is 84.9 Å². The quantitative estimate of drug-likeness (QED) is 0.594. The fraction of sp³-hybridized carbons (Fsp3) is 0.296. The van der Waals surface area contributed by atoms with Gasteiger partial charge in [-0.25, -0.2) is 0 Å². The van der Waals surface area contributed by atoms with Crippen molar-refractivity contribution in [3.63, 3.8) is 0 Å². The normalized spacial score (nSPS) is 19.0. The lowest BCUT2D eigenvalue weighted by Gasteiger charge is -2.39. The first-order valence-electron chi connectivity index (χ1n) is 11.0.